The monoisotopic (exact) mass is 654 g/mol. The van der Waals surface area contributed by atoms with Gasteiger partial charge in [0.05, 0.1) is 11.4 Å². The summed E-state index contributed by atoms with van der Waals surface area (Å²) in [5.41, 5.74) is 13.2. The number of benzene rings is 7. The summed E-state index contributed by atoms with van der Waals surface area (Å²) in [6.45, 7) is 2.10. The highest BCUT2D eigenvalue weighted by Gasteiger charge is 2.23. The molecule has 4 heteroatoms. The number of rotatable bonds is 5. The van der Waals surface area contributed by atoms with E-state index >= 15 is 0 Å². The molecule has 0 bridgehead atoms. The molecule has 0 fully saturated rings. The topological polar surface area (TPSA) is 52.1 Å². The number of hydrogen-bond donors (Lipinski definition) is 0. The molecule has 0 aliphatic rings. The van der Waals surface area contributed by atoms with E-state index in [1.807, 2.05) is 54.6 Å². The Morgan fingerprint density at radius 1 is 0.373 bits per heavy atom. The van der Waals surface area contributed by atoms with Gasteiger partial charge in [-0.05, 0) is 36.2 Å². The van der Waals surface area contributed by atoms with Gasteiger partial charge in [-0.15, -0.1) is 0 Å². The van der Waals surface area contributed by atoms with Crippen LogP contribution in [0.2, 0.25) is 0 Å². The predicted molar refractivity (Wildman–Crippen MR) is 209 cm³/mol. The van der Waals surface area contributed by atoms with E-state index in [1.165, 1.54) is 0 Å². The molecule has 0 radical (unpaired) electrons. The van der Waals surface area contributed by atoms with Gasteiger partial charge in [-0.1, -0.05) is 146 Å². The van der Waals surface area contributed by atoms with Crippen molar-refractivity contribution in [3.63, 3.8) is 0 Å². The minimum absolute atomic E-state index is 0.676. The Labute approximate surface area is 294 Å². The number of furan rings is 2. The number of nitrogens with zero attached hydrogens (tertiary/aromatic N) is 2. The van der Waals surface area contributed by atoms with Crippen molar-refractivity contribution < 1.29 is 8.83 Å². The number of aromatic nitrogens is 2. The Morgan fingerprint density at radius 3 is 1.63 bits per heavy atom. The molecule has 7 aromatic carbocycles. The maximum absolute atomic E-state index is 7.01. The Hall–Kier alpha value is -6.78. The van der Waals surface area contributed by atoms with Crippen LogP contribution in [0.4, 0.5) is 0 Å². The fourth-order valence-electron chi connectivity index (χ4n) is 7.49. The Bertz CT molecular complexity index is 2910. The van der Waals surface area contributed by atoms with Crippen LogP contribution in [0.15, 0.2) is 173 Å². The minimum Gasteiger partial charge on any atom is -0.455 e. The molecule has 0 aliphatic heterocycles. The Morgan fingerprint density at radius 2 is 0.902 bits per heavy atom. The highest BCUT2D eigenvalue weighted by Crippen LogP contribution is 2.46. The first-order valence-electron chi connectivity index (χ1n) is 17.2. The van der Waals surface area contributed by atoms with Crippen molar-refractivity contribution in [3.05, 3.63) is 169 Å². The molecule has 10 aromatic rings. The van der Waals surface area contributed by atoms with Crippen LogP contribution in [-0.4, -0.2) is 9.97 Å². The van der Waals surface area contributed by atoms with Crippen LogP contribution in [0.25, 0.3) is 100 Å². The number of fused-ring (bicyclic) bond motifs is 6. The van der Waals surface area contributed by atoms with Gasteiger partial charge in [-0.25, -0.2) is 9.97 Å². The van der Waals surface area contributed by atoms with Crippen molar-refractivity contribution in [3.8, 4) is 56.2 Å². The zero-order valence-electron chi connectivity index (χ0n) is 27.8. The molecular formula is C47H30N2O2. The average molecular weight is 655 g/mol. The average Bonchev–Trinajstić information content (AvgIpc) is 3.78. The van der Waals surface area contributed by atoms with Gasteiger partial charge >= 0.3 is 0 Å². The summed E-state index contributed by atoms with van der Waals surface area (Å²) in [6, 6.07) is 56.4. The molecule has 3 aromatic heterocycles. The van der Waals surface area contributed by atoms with Crippen molar-refractivity contribution in [2.75, 3.05) is 0 Å². The third-order valence-corrected chi connectivity index (χ3v) is 9.91. The quantitative estimate of drug-likeness (QED) is 0.185. The van der Waals surface area contributed by atoms with E-state index in [1.54, 1.807) is 0 Å². The van der Waals surface area contributed by atoms with Crippen molar-refractivity contribution in [1.29, 1.82) is 0 Å². The van der Waals surface area contributed by atoms with Crippen LogP contribution in [0, 0.1) is 6.92 Å². The summed E-state index contributed by atoms with van der Waals surface area (Å²) in [7, 11) is 0. The van der Waals surface area contributed by atoms with Gasteiger partial charge in [0.25, 0.3) is 0 Å². The fraction of sp³-hybridized carbons (Fsp3) is 0.0213. The molecule has 4 nitrogen and oxygen atoms in total. The van der Waals surface area contributed by atoms with Gasteiger partial charge in [-0.2, -0.15) is 0 Å². The van der Waals surface area contributed by atoms with Crippen LogP contribution in [0.1, 0.15) is 5.56 Å². The molecule has 0 atom stereocenters. The van der Waals surface area contributed by atoms with Gasteiger partial charge in [0.2, 0.25) is 0 Å². The van der Waals surface area contributed by atoms with E-state index < -0.39 is 0 Å². The van der Waals surface area contributed by atoms with Gasteiger partial charge in [0.1, 0.15) is 22.3 Å². The maximum Gasteiger partial charge on any atom is 0.160 e. The molecule has 0 amide bonds. The fourth-order valence-corrected chi connectivity index (χ4v) is 7.49. The van der Waals surface area contributed by atoms with Gasteiger partial charge in [-0.3, -0.25) is 0 Å². The van der Waals surface area contributed by atoms with E-state index in [4.69, 9.17) is 18.8 Å². The lowest BCUT2D eigenvalue weighted by Crippen LogP contribution is -2.00. The second kappa shape index (κ2) is 11.7. The first kappa shape index (κ1) is 29.2. The SMILES string of the molecule is Cc1c(-c2ccccc2)nc(-c2ccccc2)nc1-c1cccc2c1oc1c(-c3ccc(-c4ccccc4)c4c3oc3ccccc34)cccc12. The molecule has 0 saturated carbocycles. The van der Waals surface area contributed by atoms with Crippen molar-refractivity contribution in [1.82, 2.24) is 9.97 Å². The van der Waals surface area contributed by atoms with Crippen LogP contribution in [-0.2, 0) is 0 Å². The van der Waals surface area contributed by atoms with Crippen molar-refractivity contribution in [2.24, 2.45) is 0 Å². The summed E-state index contributed by atoms with van der Waals surface area (Å²) >= 11 is 0. The standard InChI is InChI=1S/C47H30N2O2/c1-29-42(31-17-7-3-8-18-31)48-47(32-19-9-4-10-20-32)49-43(29)39-25-14-24-35-34-22-13-23-36(44(34)51-45(35)39)37-28-27-33(30-15-5-2-6-16-30)41-38-21-11-12-26-40(38)50-46(37)41/h2-28H,1H3. The molecule has 51 heavy (non-hydrogen) atoms. The van der Waals surface area contributed by atoms with Crippen LogP contribution in [0.5, 0.6) is 0 Å². The summed E-state index contributed by atoms with van der Waals surface area (Å²) < 4.78 is 13.7. The summed E-state index contributed by atoms with van der Waals surface area (Å²) in [5, 5.41) is 4.27. The van der Waals surface area contributed by atoms with Crippen LogP contribution >= 0.6 is 0 Å². The normalized spacial score (nSPS) is 11.6. The maximum atomic E-state index is 7.01. The molecule has 10 rings (SSSR count). The minimum atomic E-state index is 0.676. The van der Waals surface area contributed by atoms with Crippen molar-refractivity contribution >= 4 is 43.9 Å². The summed E-state index contributed by atoms with van der Waals surface area (Å²) in [5.74, 6) is 0.676. The summed E-state index contributed by atoms with van der Waals surface area (Å²) in [4.78, 5) is 10.3. The molecule has 0 spiro atoms. The highest BCUT2D eigenvalue weighted by atomic mass is 16.3. The predicted octanol–water partition coefficient (Wildman–Crippen LogP) is 12.9. The van der Waals surface area contributed by atoms with E-state index in [0.717, 1.165) is 99.8 Å². The highest BCUT2D eigenvalue weighted by molar-refractivity contribution is 6.19. The molecule has 0 aliphatic carbocycles. The van der Waals surface area contributed by atoms with Crippen molar-refractivity contribution in [2.45, 2.75) is 6.92 Å². The lowest BCUT2D eigenvalue weighted by molar-refractivity contribution is 0.665. The van der Waals surface area contributed by atoms with Crippen LogP contribution in [0.3, 0.4) is 0 Å². The van der Waals surface area contributed by atoms with Gasteiger partial charge in [0, 0.05) is 54.9 Å². The molecule has 3 heterocycles. The van der Waals surface area contributed by atoms with E-state index in [9.17, 15) is 0 Å². The van der Waals surface area contributed by atoms with E-state index in [-0.39, 0.29) is 0 Å². The summed E-state index contributed by atoms with van der Waals surface area (Å²) in [6.07, 6.45) is 0. The lowest BCUT2D eigenvalue weighted by Gasteiger charge is -2.14. The molecule has 0 N–H and O–H groups in total. The Balaban J connectivity index is 1.23. The second-order valence-electron chi connectivity index (χ2n) is 12.9. The first-order valence-corrected chi connectivity index (χ1v) is 17.2. The number of hydrogen-bond acceptors (Lipinski definition) is 4. The molecule has 0 unspecified atom stereocenters. The zero-order valence-corrected chi connectivity index (χ0v) is 27.8. The lowest BCUT2D eigenvalue weighted by atomic mass is 9.94. The van der Waals surface area contributed by atoms with Gasteiger partial charge < -0.3 is 8.83 Å². The number of para-hydroxylation sites is 3. The molecule has 0 saturated heterocycles. The smallest absolute Gasteiger partial charge is 0.160 e. The largest absolute Gasteiger partial charge is 0.455 e. The Kier molecular flexibility index (Phi) is 6.68. The zero-order chi connectivity index (χ0) is 33.9. The third-order valence-electron chi connectivity index (χ3n) is 9.91. The third kappa shape index (κ3) is 4.68. The van der Waals surface area contributed by atoms with E-state index in [0.29, 0.717) is 5.82 Å². The van der Waals surface area contributed by atoms with E-state index in [2.05, 4.69) is 116 Å². The first-order chi connectivity index (χ1) is 25.2. The van der Waals surface area contributed by atoms with Crippen LogP contribution < -0.4 is 0 Å². The second-order valence-corrected chi connectivity index (χ2v) is 12.9. The molecular weight excluding hydrogens is 625 g/mol. The molecule has 240 valence electrons. The van der Waals surface area contributed by atoms with Gasteiger partial charge in [0.15, 0.2) is 5.82 Å².